The van der Waals surface area contributed by atoms with E-state index in [1.165, 1.54) is 0 Å². The number of aromatic nitrogens is 2. The molecule has 2 amide bonds. The quantitative estimate of drug-likeness (QED) is 0.802. The fourth-order valence-electron chi connectivity index (χ4n) is 4.35. The molecule has 6 heteroatoms. The third kappa shape index (κ3) is 4.16. The summed E-state index contributed by atoms with van der Waals surface area (Å²) in [5, 5.41) is 0. The molecule has 2 fully saturated rings. The molecule has 1 aromatic heterocycles. The number of amides is 2. The Balaban J connectivity index is 1.45. The van der Waals surface area contributed by atoms with E-state index in [2.05, 4.69) is 0 Å². The van der Waals surface area contributed by atoms with Gasteiger partial charge in [-0.2, -0.15) is 0 Å². The Kier molecular flexibility index (Phi) is 5.60. The summed E-state index contributed by atoms with van der Waals surface area (Å²) < 4.78 is 0. The van der Waals surface area contributed by atoms with Gasteiger partial charge in [0.15, 0.2) is 0 Å². The minimum absolute atomic E-state index is 0.0642. The van der Waals surface area contributed by atoms with Crippen molar-refractivity contribution in [2.75, 3.05) is 26.2 Å². The fraction of sp³-hybridized carbons (Fsp3) is 0.478. The molecule has 0 bridgehead atoms. The van der Waals surface area contributed by atoms with Crippen molar-refractivity contribution in [1.29, 1.82) is 0 Å². The van der Waals surface area contributed by atoms with Crippen LogP contribution in [0.2, 0.25) is 0 Å². The van der Waals surface area contributed by atoms with E-state index in [1.54, 1.807) is 0 Å². The lowest BCUT2D eigenvalue weighted by Crippen LogP contribution is -2.30. The van der Waals surface area contributed by atoms with Crippen LogP contribution in [0.1, 0.15) is 58.3 Å². The molecule has 0 radical (unpaired) electrons. The highest BCUT2D eigenvalue weighted by atomic mass is 16.2. The first kappa shape index (κ1) is 19.6. The van der Waals surface area contributed by atoms with E-state index in [0.717, 1.165) is 67.2 Å². The molecule has 0 N–H and O–H groups in total. The summed E-state index contributed by atoms with van der Waals surface area (Å²) in [7, 11) is 0. The second kappa shape index (κ2) is 8.31. The Bertz CT molecular complexity index is 883. The number of aryl methyl sites for hydroxylation is 2. The zero-order valence-corrected chi connectivity index (χ0v) is 17.2. The normalized spacial score (nSPS) is 19.0. The summed E-state index contributed by atoms with van der Waals surface area (Å²) >= 11 is 0. The Labute approximate surface area is 172 Å². The maximum Gasteiger partial charge on any atom is 0.253 e. The van der Waals surface area contributed by atoms with E-state index in [4.69, 9.17) is 9.97 Å². The minimum Gasteiger partial charge on any atom is -0.342 e. The molecule has 2 aliphatic heterocycles. The molecule has 2 aromatic rings. The maximum atomic E-state index is 12.7. The molecule has 6 nitrogen and oxygen atoms in total. The first-order valence-electron chi connectivity index (χ1n) is 10.5. The van der Waals surface area contributed by atoms with Crippen LogP contribution in [-0.2, 0) is 11.2 Å². The van der Waals surface area contributed by atoms with Crippen LogP contribution in [0.15, 0.2) is 30.3 Å². The number of carbonyl (C=O) groups excluding carboxylic acids is 2. The third-order valence-electron chi connectivity index (χ3n) is 6.09. The molecular formula is C23H28N4O2. The summed E-state index contributed by atoms with van der Waals surface area (Å²) in [6, 6.07) is 9.40. The van der Waals surface area contributed by atoms with Crippen molar-refractivity contribution in [2.24, 2.45) is 0 Å². The van der Waals surface area contributed by atoms with Gasteiger partial charge in [0.25, 0.3) is 5.91 Å². The topological polar surface area (TPSA) is 66.4 Å². The smallest absolute Gasteiger partial charge is 0.253 e. The Morgan fingerprint density at radius 2 is 1.62 bits per heavy atom. The highest BCUT2D eigenvalue weighted by Crippen LogP contribution is 2.27. The number of rotatable bonds is 4. The molecule has 0 aliphatic carbocycles. The maximum absolute atomic E-state index is 12.7. The molecule has 152 valence electrons. The lowest BCUT2D eigenvalue weighted by molar-refractivity contribution is -0.129. The summed E-state index contributed by atoms with van der Waals surface area (Å²) in [5.74, 6) is 1.17. The number of carbonyl (C=O) groups is 2. The van der Waals surface area contributed by atoms with E-state index in [0.29, 0.717) is 13.0 Å². The average molecular weight is 393 g/mol. The van der Waals surface area contributed by atoms with Crippen LogP contribution in [0.3, 0.4) is 0 Å². The Hall–Kier alpha value is -2.76. The minimum atomic E-state index is 0.0642. The van der Waals surface area contributed by atoms with Crippen LogP contribution >= 0.6 is 0 Å². The van der Waals surface area contributed by atoms with Crippen LogP contribution < -0.4 is 0 Å². The van der Waals surface area contributed by atoms with Crippen molar-refractivity contribution < 1.29 is 9.59 Å². The second-order valence-electron chi connectivity index (χ2n) is 8.10. The molecule has 0 saturated carbocycles. The van der Waals surface area contributed by atoms with Gasteiger partial charge < -0.3 is 9.80 Å². The largest absolute Gasteiger partial charge is 0.342 e. The van der Waals surface area contributed by atoms with Gasteiger partial charge >= 0.3 is 0 Å². The van der Waals surface area contributed by atoms with Crippen LogP contribution in [0.5, 0.6) is 0 Å². The lowest BCUT2D eigenvalue weighted by Gasteiger charge is -2.19. The van der Waals surface area contributed by atoms with E-state index in [1.807, 2.05) is 54.0 Å². The van der Waals surface area contributed by atoms with Crippen LogP contribution in [0.4, 0.5) is 0 Å². The second-order valence-corrected chi connectivity index (χ2v) is 8.10. The molecular weight excluding hydrogens is 364 g/mol. The molecule has 4 rings (SSSR count). The first-order valence-corrected chi connectivity index (χ1v) is 10.5. The van der Waals surface area contributed by atoms with Gasteiger partial charge in [0.1, 0.15) is 5.82 Å². The van der Waals surface area contributed by atoms with Gasteiger partial charge in [0.2, 0.25) is 5.91 Å². The van der Waals surface area contributed by atoms with Gasteiger partial charge in [-0.05, 0) is 45.2 Å². The highest BCUT2D eigenvalue weighted by molar-refractivity contribution is 5.94. The number of likely N-dealkylation sites (tertiary alicyclic amines) is 2. The highest BCUT2D eigenvalue weighted by Gasteiger charge is 2.30. The standard InChI is InChI=1S/C23H28N4O2/c1-16-20(14-21(28)26-11-6-7-12-26)17(2)25-22(24-16)19-10-13-27(15-19)23(29)18-8-4-3-5-9-18/h3-5,8-9,19H,6-7,10-15H2,1-2H3/t19-/m0/s1. The number of hydrogen-bond donors (Lipinski definition) is 0. The molecule has 0 unspecified atom stereocenters. The molecule has 1 atom stereocenters. The van der Waals surface area contributed by atoms with Gasteiger partial charge in [-0.1, -0.05) is 18.2 Å². The van der Waals surface area contributed by atoms with Crippen molar-refractivity contribution in [3.63, 3.8) is 0 Å². The van der Waals surface area contributed by atoms with Crippen molar-refractivity contribution in [1.82, 2.24) is 19.8 Å². The monoisotopic (exact) mass is 392 g/mol. The van der Waals surface area contributed by atoms with Crippen LogP contribution in [0, 0.1) is 13.8 Å². The molecule has 3 heterocycles. The van der Waals surface area contributed by atoms with Crippen molar-refractivity contribution in [2.45, 2.75) is 45.4 Å². The number of nitrogens with zero attached hydrogens (tertiary/aromatic N) is 4. The first-order chi connectivity index (χ1) is 14.0. The van der Waals surface area contributed by atoms with Crippen LogP contribution in [-0.4, -0.2) is 57.8 Å². The van der Waals surface area contributed by atoms with E-state index >= 15 is 0 Å². The van der Waals surface area contributed by atoms with E-state index in [9.17, 15) is 9.59 Å². The summed E-state index contributed by atoms with van der Waals surface area (Å²) in [6.45, 7) is 7.01. The zero-order valence-electron chi connectivity index (χ0n) is 17.2. The molecule has 2 aliphatic rings. The third-order valence-corrected chi connectivity index (χ3v) is 6.09. The predicted molar refractivity (Wildman–Crippen MR) is 111 cm³/mol. The zero-order chi connectivity index (χ0) is 20.4. The van der Waals surface area contributed by atoms with Crippen LogP contribution in [0.25, 0.3) is 0 Å². The average Bonchev–Trinajstić information content (AvgIpc) is 3.43. The van der Waals surface area contributed by atoms with Gasteiger partial charge in [0.05, 0.1) is 6.42 Å². The SMILES string of the molecule is Cc1nc([C@H]2CCN(C(=O)c3ccccc3)C2)nc(C)c1CC(=O)N1CCCC1. The molecule has 2 saturated heterocycles. The summed E-state index contributed by atoms with van der Waals surface area (Å²) in [5.41, 5.74) is 3.43. The van der Waals surface area contributed by atoms with Crippen molar-refractivity contribution in [3.05, 3.63) is 58.7 Å². The van der Waals surface area contributed by atoms with Crippen molar-refractivity contribution in [3.8, 4) is 0 Å². The predicted octanol–water partition coefficient (Wildman–Crippen LogP) is 2.89. The van der Waals surface area contributed by atoms with Gasteiger partial charge in [-0.15, -0.1) is 0 Å². The molecule has 1 aromatic carbocycles. The van der Waals surface area contributed by atoms with E-state index < -0.39 is 0 Å². The summed E-state index contributed by atoms with van der Waals surface area (Å²) in [4.78, 5) is 38.6. The Morgan fingerprint density at radius 3 is 2.28 bits per heavy atom. The van der Waals surface area contributed by atoms with E-state index in [-0.39, 0.29) is 17.7 Å². The molecule has 0 spiro atoms. The lowest BCUT2D eigenvalue weighted by atomic mass is 10.0. The van der Waals surface area contributed by atoms with Gasteiger partial charge in [-0.3, -0.25) is 9.59 Å². The number of hydrogen-bond acceptors (Lipinski definition) is 4. The van der Waals surface area contributed by atoms with Gasteiger partial charge in [0, 0.05) is 54.6 Å². The fourth-order valence-corrected chi connectivity index (χ4v) is 4.35. The van der Waals surface area contributed by atoms with Crippen molar-refractivity contribution >= 4 is 11.8 Å². The Morgan fingerprint density at radius 1 is 0.966 bits per heavy atom. The van der Waals surface area contributed by atoms with Gasteiger partial charge in [-0.25, -0.2) is 9.97 Å². The summed E-state index contributed by atoms with van der Waals surface area (Å²) in [6.07, 6.45) is 3.43. The molecule has 29 heavy (non-hydrogen) atoms. The number of benzene rings is 1.